The second kappa shape index (κ2) is 3.00. The summed E-state index contributed by atoms with van der Waals surface area (Å²) in [6.07, 6.45) is -2.48. The third-order valence-electron chi connectivity index (χ3n) is 3.87. The van der Waals surface area contributed by atoms with Crippen LogP contribution in [0.1, 0.15) is 41.4 Å². The van der Waals surface area contributed by atoms with E-state index >= 15 is 0 Å². The minimum atomic E-state index is -4.24. The summed E-state index contributed by atoms with van der Waals surface area (Å²) >= 11 is 0. The van der Waals surface area contributed by atoms with Gasteiger partial charge in [-0.05, 0) is 47.9 Å². The summed E-state index contributed by atoms with van der Waals surface area (Å²) in [4.78, 5) is 0. The van der Waals surface area contributed by atoms with E-state index in [0.29, 0.717) is 0 Å². The van der Waals surface area contributed by atoms with Crippen molar-refractivity contribution in [2.45, 2.75) is 36.9 Å². The molecule has 1 aromatic rings. The van der Waals surface area contributed by atoms with Gasteiger partial charge in [0, 0.05) is 6.04 Å². The Morgan fingerprint density at radius 3 is 2.56 bits per heavy atom. The number of fused-ring (bicyclic) bond motifs is 5. The molecule has 2 bridgehead atoms. The first-order valence-corrected chi connectivity index (χ1v) is 5.43. The maximum atomic E-state index is 12.6. The zero-order valence-corrected chi connectivity index (χ0v) is 8.59. The van der Waals surface area contributed by atoms with E-state index in [2.05, 4.69) is 0 Å². The molecule has 0 amide bonds. The summed E-state index contributed by atoms with van der Waals surface area (Å²) in [7, 11) is 0. The number of nitrogens with two attached hydrogens (primary N) is 1. The maximum Gasteiger partial charge on any atom is 0.416 e. The van der Waals surface area contributed by atoms with Crippen LogP contribution in [-0.4, -0.2) is 6.04 Å². The normalized spacial score (nSPS) is 31.9. The van der Waals surface area contributed by atoms with Gasteiger partial charge < -0.3 is 5.73 Å². The molecule has 1 unspecified atom stereocenters. The monoisotopic (exact) mass is 227 g/mol. The Hall–Kier alpha value is -1.03. The molecule has 0 aliphatic heterocycles. The summed E-state index contributed by atoms with van der Waals surface area (Å²) in [5.74, 6) is 0.527. The first kappa shape index (κ1) is 10.1. The van der Waals surface area contributed by atoms with Gasteiger partial charge in [-0.3, -0.25) is 0 Å². The Balaban J connectivity index is 2.06. The number of benzene rings is 1. The van der Waals surface area contributed by atoms with Gasteiger partial charge in [0.05, 0.1) is 5.56 Å². The van der Waals surface area contributed by atoms with Crippen molar-refractivity contribution < 1.29 is 13.2 Å². The van der Waals surface area contributed by atoms with Gasteiger partial charge >= 0.3 is 6.18 Å². The molecule has 2 aliphatic rings. The average molecular weight is 227 g/mol. The van der Waals surface area contributed by atoms with Crippen LogP contribution in [0.4, 0.5) is 13.2 Å². The van der Waals surface area contributed by atoms with Crippen molar-refractivity contribution in [1.29, 1.82) is 0 Å². The molecule has 4 heteroatoms. The van der Waals surface area contributed by atoms with Crippen molar-refractivity contribution in [3.05, 3.63) is 34.9 Å². The number of rotatable bonds is 0. The standard InChI is InChI=1S/C12H12F3N/c13-12(14,15)7-1-2-8-9(5-7)6-3-10(8)11(16)4-6/h1-2,5-6,10-11H,3-4,16H2/t6?,10-,11+/m1/s1. The van der Waals surface area contributed by atoms with Gasteiger partial charge in [-0.2, -0.15) is 13.2 Å². The van der Waals surface area contributed by atoms with E-state index in [4.69, 9.17) is 5.73 Å². The third kappa shape index (κ3) is 1.29. The summed E-state index contributed by atoms with van der Waals surface area (Å²) in [6.45, 7) is 0. The molecule has 1 aromatic carbocycles. The Morgan fingerprint density at radius 2 is 1.88 bits per heavy atom. The molecule has 0 radical (unpaired) electrons. The van der Waals surface area contributed by atoms with Crippen molar-refractivity contribution in [3.63, 3.8) is 0 Å². The van der Waals surface area contributed by atoms with Crippen LogP contribution in [0.5, 0.6) is 0 Å². The summed E-state index contributed by atoms with van der Waals surface area (Å²) < 4.78 is 37.7. The lowest BCUT2D eigenvalue weighted by Crippen LogP contribution is -2.25. The van der Waals surface area contributed by atoms with Gasteiger partial charge in [-0.15, -0.1) is 0 Å². The van der Waals surface area contributed by atoms with Crippen LogP contribution in [0.25, 0.3) is 0 Å². The molecule has 2 N–H and O–H groups in total. The van der Waals surface area contributed by atoms with Gasteiger partial charge in [-0.1, -0.05) is 6.07 Å². The van der Waals surface area contributed by atoms with Gasteiger partial charge in [0.25, 0.3) is 0 Å². The summed E-state index contributed by atoms with van der Waals surface area (Å²) in [5.41, 5.74) is 7.32. The lowest BCUT2D eigenvalue weighted by atomic mass is 9.87. The molecule has 0 aromatic heterocycles. The molecule has 3 atom stereocenters. The van der Waals surface area contributed by atoms with E-state index < -0.39 is 11.7 Å². The fourth-order valence-corrected chi connectivity index (χ4v) is 3.12. The quantitative estimate of drug-likeness (QED) is 0.724. The number of alkyl halides is 3. The molecular formula is C12H12F3N. The molecular weight excluding hydrogens is 215 g/mol. The number of hydrogen-bond donors (Lipinski definition) is 1. The zero-order valence-electron chi connectivity index (χ0n) is 8.59. The largest absolute Gasteiger partial charge is 0.416 e. The van der Waals surface area contributed by atoms with E-state index in [0.717, 1.165) is 24.0 Å². The topological polar surface area (TPSA) is 26.0 Å². The Labute approximate surface area is 91.4 Å². The van der Waals surface area contributed by atoms with E-state index in [1.807, 2.05) is 0 Å². The minimum absolute atomic E-state index is 0.134. The predicted octanol–water partition coefficient (Wildman–Crippen LogP) is 3.01. The molecule has 86 valence electrons. The van der Waals surface area contributed by atoms with Crippen molar-refractivity contribution >= 4 is 0 Å². The van der Waals surface area contributed by atoms with E-state index in [-0.39, 0.29) is 17.9 Å². The highest BCUT2D eigenvalue weighted by atomic mass is 19.4. The van der Waals surface area contributed by atoms with E-state index in [1.165, 1.54) is 12.1 Å². The fourth-order valence-electron chi connectivity index (χ4n) is 3.12. The first-order valence-electron chi connectivity index (χ1n) is 5.43. The molecule has 0 saturated heterocycles. The smallest absolute Gasteiger partial charge is 0.327 e. The number of halogens is 3. The summed E-state index contributed by atoms with van der Waals surface area (Å²) in [5, 5.41) is 0. The van der Waals surface area contributed by atoms with E-state index in [9.17, 15) is 13.2 Å². The average Bonchev–Trinajstić information content (AvgIpc) is 2.73. The van der Waals surface area contributed by atoms with Gasteiger partial charge in [0.2, 0.25) is 0 Å². The Kier molecular flexibility index (Phi) is 1.90. The highest BCUT2D eigenvalue weighted by molar-refractivity contribution is 5.45. The molecule has 0 spiro atoms. The van der Waals surface area contributed by atoms with Crippen LogP contribution in [0.3, 0.4) is 0 Å². The van der Waals surface area contributed by atoms with E-state index in [1.54, 1.807) is 6.07 Å². The van der Waals surface area contributed by atoms with Crippen molar-refractivity contribution in [2.75, 3.05) is 0 Å². The number of hydrogen-bond acceptors (Lipinski definition) is 1. The van der Waals surface area contributed by atoms with Crippen LogP contribution >= 0.6 is 0 Å². The van der Waals surface area contributed by atoms with Crippen LogP contribution in [0.15, 0.2) is 18.2 Å². The molecule has 1 saturated carbocycles. The highest BCUT2D eigenvalue weighted by Crippen LogP contribution is 2.53. The van der Waals surface area contributed by atoms with Crippen LogP contribution in [0, 0.1) is 0 Å². The van der Waals surface area contributed by atoms with Crippen molar-refractivity contribution in [3.8, 4) is 0 Å². The van der Waals surface area contributed by atoms with Crippen LogP contribution in [-0.2, 0) is 6.18 Å². The molecule has 0 heterocycles. The molecule has 1 fully saturated rings. The maximum absolute atomic E-state index is 12.6. The van der Waals surface area contributed by atoms with Gasteiger partial charge in [-0.25, -0.2) is 0 Å². The zero-order chi connectivity index (χ0) is 11.5. The fraction of sp³-hybridized carbons (Fsp3) is 0.500. The molecule has 16 heavy (non-hydrogen) atoms. The Bertz CT molecular complexity index is 438. The SMILES string of the molecule is N[C@H]1CC2C[C@@H]1c1ccc(C(F)(F)F)cc12. The van der Waals surface area contributed by atoms with Crippen LogP contribution in [0.2, 0.25) is 0 Å². The predicted molar refractivity (Wildman–Crippen MR) is 54.1 cm³/mol. The summed E-state index contributed by atoms with van der Waals surface area (Å²) in [6, 6.07) is 4.23. The lowest BCUT2D eigenvalue weighted by Gasteiger charge is -2.22. The highest BCUT2D eigenvalue weighted by Gasteiger charge is 2.43. The lowest BCUT2D eigenvalue weighted by molar-refractivity contribution is -0.137. The molecule has 3 rings (SSSR count). The van der Waals surface area contributed by atoms with Crippen LogP contribution < -0.4 is 5.73 Å². The Morgan fingerprint density at radius 1 is 1.12 bits per heavy atom. The minimum Gasteiger partial charge on any atom is -0.327 e. The van der Waals surface area contributed by atoms with Gasteiger partial charge in [0.1, 0.15) is 0 Å². The third-order valence-corrected chi connectivity index (χ3v) is 3.87. The second-order valence-electron chi connectivity index (χ2n) is 4.78. The molecule has 2 aliphatic carbocycles. The van der Waals surface area contributed by atoms with Gasteiger partial charge in [0.15, 0.2) is 0 Å². The van der Waals surface area contributed by atoms with Crippen molar-refractivity contribution in [1.82, 2.24) is 0 Å². The first-order chi connectivity index (χ1) is 7.47. The molecule has 1 nitrogen and oxygen atoms in total. The second-order valence-corrected chi connectivity index (χ2v) is 4.78. The van der Waals surface area contributed by atoms with Crippen molar-refractivity contribution in [2.24, 2.45) is 5.73 Å².